The van der Waals surface area contributed by atoms with E-state index in [0.29, 0.717) is 13.0 Å². The van der Waals surface area contributed by atoms with Gasteiger partial charge in [0.15, 0.2) is 0 Å². The first-order valence-electron chi connectivity index (χ1n) is 8.57. The van der Waals surface area contributed by atoms with E-state index in [1.165, 1.54) is 11.4 Å². The molecule has 7 heteroatoms. The van der Waals surface area contributed by atoms with Crippen LogP contribution in [0.25, 0.3) is 0 Å². The maximum absolute atomic E-state index is 10.5. The van der Waals surface area contributed by atoms with Crippen LogP contribution in [0.5, 0.6) is 5.75 Å². The van der Waals surface area contributed by atoms with Crippen molar-refractivity contribution in [3.05, 3.63) is 48.8 Å². The summed E-state index contributed by atoms with van der Waals surface area (Å²) in [7, 11) is 0. The number of nitrogens with zero attached hydrogens (tertiary/aromatic N) is 3. The first-order valence-corrected chi connectivity index (χ1v) is 8.57. The molecule has 0 spiro atoms. The second kappa shape index (κ2) is 9.87. The number of ether oxygens (including phenoxy) is 1. The molecule has 0 aliphatic carbocycles. The van der Waals surface area contributed by atoms with Gasteiger partial charge in [0.2, 0.25) is 0 Å². The summed E-state index contributed by atoms with van der Waals surface area (Å²) in [5, 5.41) is 8.62. The molecular formula is C19H24ClN3O3. The molecule has 0 bridgehead atoms. The highest BCUT2D eigenvalue weighted by molar-refractivity contribution is 5.85. The first-order chi connectivity index (χ1) is 12.2. The molecule has 0 unspecified atom stereocenters. The summed E-state index contributed by atoms with van der Waals surface area (Å²) in [4.78, 5) is 19.3. The monoisotopic (exact) mass is 377 g/mol. The summed E-state index contributed by atoms with van der Waals surface area (Å²) in [6.45, 7) is 4.34. The van der Waals surface area contributed by atoms with E-state index in [0.717, 1.165) is 31.9 Å². The van der Waals surface area contributed by atoms with Crippen LogP contribution in [0.2, 0.25) is 0 Å². The molecule has 1 aliphatic heterocycles. The Kier molecular flexibility index (Phi) is 7.53. The molecule has 1 N–H and O–H groups in total. The minimum atomic E-state index is -0.787. The van der Waals surface area contributed by atoms with Crippen molar-refractivity contribution in [3.63, 3.8) is 0 Å². The number of anilines is 2. The Bertz CT molecular complexity index is 674. The van der Waals surface area contributed by atoms with Crippen LogP contribution in [0.1, 0.15) is 12.8 Å². The Morgan fingerprint density at radius 2 is 1.50 bits per heavy atom. The normalized spacial score (nSPS) is 13.8. The van der Waals surface area contributed by atoms with Crippen LogP contribution >= 0.6 is 12.4 Å². The Morgan fingerprint density at radius 1 is 0.962 bits per heavy atom. The van der Waals surface area contributed by atoms with Crippen LogP contribution in [0, 0.1) is 0 Å². The average Bonchev–Trinajstić information content (AvgIpc) is 2.66. The fourth-order valence-corrected chi connectivity index (χ4v) is 2.94. The van der Waals surface area contributed by atoms with Crippen LogP contribution in [0.4, 0.5) is 11.4 Å². The van der Waals surface area contributed by atoms with Gasteiger partial charge in [0.25, 0.3) is 0 Å². The number of pyridine rings is 1. The van der Waals surface area contributed by atoms with Crippen molar-refractivity contribution in [1.29, 1.82) is 0 Å². The number of benzene rings is 1. The second-order valence-electron chi connectivity index (χ2n) is 6.02. The summed E-state index contributed by atoms with van der Waals surface area (Å²) < 4.78 is 5.58. The molecule has 1 saturated heterocycles. The average molecular weight is 378 g/mol. The molecule has 0 radical (unpaired) electrons. The molecule has 1 fully saturated rings. The van der Waals surface area contributed by atoms with Crippen molar-refractivity contribution in [2.75, 3.05) is 42.6 Å². The van der Waals surface area contributed by atoms with E-state index in [4.69, 9.17) is 9.84 Å². The lowest BCUT2D eigenvalue weighted by Gasteiger charge is -2.37. The minimum Gasteiger partial charge on any atom is -0.494 e. The van der Waals surface area contributed by atoms with E-state index in [1.807, 2.05) is 36.7 Å². The van der Waals surface area contributed by atoms with Crippen molar-refractivity contribution in [1.82, 2.24) is 4.98 Å². The van der Waals surface area contributed by atoms with Crippen LogP contribution in [0.15, 0.2) is 48.8 Å². The van der Waals surface area contributed by atoms with E-state index in [2.05, 4.69) is 26.9 Å². The number of hydrogen-bond acceptors (Lipinski definition) is 5. The van der Waals surface area contributed by atoms with Crippen LogP contribution in [-0.2, 0) is 4.79 Å². The van der Waals surface area contributed by atoms with Gasteiger partial charge in [0.05, 0.1) is 6.61 Å². The number of hydrogen-bond donors (Lipinski definition) is 1. The number of carbonyl (C=O) groups is 1. The predicted molar refractivity (Wildman–Crippen MR) is 105 cm³/mol. The number of carboxylic acid groups (broad SMARTS) is 1. The first kappa shape index (κ1) is 19.8. The highest BCUT2D eigenvalue weighted by Crippen LogP contribution is 2.22. The van der Waals surface area contributed by atoms with Gasteiger partial charge in [0.1, 0.15) is 5.75 Å². The fourth-order valence-electron chi connectivity index (χ4n) is 2.94. The van der Waals surface area contributed by atoms with Crippen molar-refractivity contribution in [2.24, 2.45) is 0 Å². The largest absolute Gasteiger partial charge is 0.494 e. The van der Waals surface area contributed by atoms with Crippen LogP contribution in [0.3, 0.4) is 0 Å². The molecule has 26 heavy (non-hydrogen) atoms. The fraction of sp³-hybridized carbons (Fsp3) is 0.368. The van der Waals surface area contributed by atoms with Gasteiger partial charge in [-0.05, 0) is 42.8 Å². The van der Waals surface area contributed by atoms with E-state index >= 15 is 0 Å². The minimum absolute atomic E-state index is 0. The highest BCUT2D eigenvalue weighted by Gasteiger charge is 2.17. The van der Waals surface area contributed by atoms with Crippen molar-refractivity contribution in [2.45, 2.75) is 12.8 Å². The van der Waals surface area contributed by atoms with Gasteiger partial charge in [0, 0.05) is 56.4 Å². The molecule has 2 aromatic rings. The van der Waals surface area contributed by atoms with Crippen LogP contribution < -0.4 is 14.5 Å². The van der Waals surface area contributed by atoms with Gasteiger partial charge in [-0.15, -0.1) is 12.4 Å². The van der Waals surface area contributed by atoms with Crippen molar-refractivity contribution < 1.29 is 14.6 Å². The van der Waals surface area contributed by atoms with Gasteiger partial charge in [-0.25, -0.2) is 0 Å². The number of rotatable bonds is 7. The van der Waals surface area contributed by atoms with Crippen LogP contribution in [-0.4, -0.2) is 48.8 Å². The zero-order valence-electron chi connectivity index (χ0n) is 14.6. The standard InChI is InChI=1S/C19H23N3O3.ClH/c23-19(24)2-1-15-25-18-5-3-16(4-6-18)21-11-13-22(14-12-21)17-7-9-20-10-8-17;/h3-10H,1-2,11-15H2,(H,23,24);1H. The Labute approximate surface area is 159 Å². The van der Waals surface area contributed by atoms with Gasteiger partial charge in [-0.1, -0.05) is 0 Å². The molecule has 0 atom stereocenters. The third-order valence-electron chi connectivity index (χ3n) is 4.31. The SMILES string of the molecule is Cl.O=C(O)CCCOc1ccc(N2CCN(c3ccncc3)CC2)cc1. The molecule has 3 rings (SSSR count). The van der Waals surface area contributed by atoms with E-state index in [1.54, 1.807) is 0 Å². The topological polar surface area (TPSA) is 65.9 Å². The van der Waals surface area contributed by atoms with E-state index in [-0.39, 0.29) is 18.8 Å². The molecule has 1 aliphatic rings. The third-order valence-corrected chi connectivity index (χ3v) is 4.31. The van der Waals surface area contributed by atoms with Gasteiger partial charge < -0.3 is 19.6 Å². The Hall–Kier alpha value is -2.47. The summed E-state index contributed by atoms with van der Waals surface area (Å²) in [6, 6.07) is 12.1. The van der Waals surface area contributed by atoms with Crippen molar-refractivity contribution in [3.8, 4) is 5.75 Å². The molecule has 140 valence electrons. The summed E-state index contributed by atoms with van der Waals surface area (Å²) >= 11 is 0. The van der Waals surface area contributed by atoms with Gasteiger partial charge in [-0.3, -0.25) is 9.78 Å². The van der Waals surface area contributed by atoms with Gasteiger partial charge in [-0.2, -0.15) is 0 Å². The van der Waals surface area contributed by atoms with Gasteiger partial charge >= 0.3 is 5.97 Å². The quantitative estimate of drug-likeness (QED) is 0.748. The molecule has 1 aromatic carbocycles. The predicted octanol–water partition coefficient (Wildman–Crippen LogP) is 3.07. The third kappa shape index (κ3) is 5.52. The molecule has 6 nitrogen and oxygen atoms in total. The highest BCUT2D eigenvalue weighted by atomic mass is 35.5. The smallest absolute Gasteiger partial charge is 0.303 e. The molecule has 0 saturated carbocycles. The lowest BCUT2D eigenvalue weighted by molar-refractivity contribution is -0.137. The number of carboxylic acids is 1. The number of aliphatic carboxylic acids is 1. The number of halogens is 1. The van der Waals surface area contributed by atoms with Crippen molar-refractivity contribution >= 4 is 29.8 Å². The summed E-state index contributed by atoms with van der Waals surface area (Å²) in [5.74, 6) is -0.00517. The maximum Gasteiger partial charge on any atom is 0.303 e. The lowest BCUT2D eigenvalue weighted by Crippen LogP contribution is -2.46. The Balaban J connectivity index is 0.00000243. The van der Waals surface area contributed by atoms with E-state index < -0.39 is 5.97 Å². The molecule has 2 heterocycles. The lowest BCUT2D eigenvalue weighted by atomic mass is 10.2. The zero-order valence-corrected chi connectivity index (χ0v) is 15.4. The molecule has 0 amide bonds. The number of piperazine rings is 1. The maximum atomic E-state index is 10.5. The summed E-state index contributed by atoms with van der Waals surface area (Å²) in [6.07, 6.45) is 4.32. The Morgan fingerprint density at radius 3 is 2.04 bits per heavy atom. The summed E-state index contributed by atoms with van der Waals surface area (Å²) in [5.41, 5.74) is 2.41. The second-order valence-corrected chi connectivity index (χ2v) is 6.02. The number of aromatic nitrogens is 1. The van der Waals surface area contributed by atoms with E-state index in [9.17, 15) is 4.79 Å². The zero-order chi connectivity index (χ0) is 17.5. The molecule has 1 aromatic heterocycles. The molecular weight excluding hydrogens is 354 g/mol.